The van der Waals surface area contributed by atoms with Gasteiger partial charge in [-0.05, 0) is 25.5 Å². The van der Waals surface area contributed by atoms with E-state index in [2.05, 4.69) is 10.3 Å². The number of amides is 1. The van der Waals surface area contributed by atoms with E-state index in [0.29, 0.717) is 6.42 Å². The number of aliphatic hydroxyl groups excluding tert-OH is 1. The molecule has 2 unspecified atom stereocenters. The fourth-order valence-electron chi connectivity index (χ4n) is 1.42. The zero-order valence-corrected chi connectivity index (χ0v) is 10.0. The van der Waals surface area contributed by atoms with Gasteiger partial charge < -0.3 is 15.5 Å². The van der Waals surface area contributed by atoms with Crippen LogP contribution in [0.4, 0.5) is 0 Å². The molecule has 1 rings (SSSR count). The Morgan fingerprint density at radius 1 is 1.44 bits per heavy atom. The van der Waals surface area contributed by atoms with Gasteiger partial charge in [0.2, 0.25) is 5.91 Å². The summed E-state index contributed by atoms with van der Waals surface area (Å²) in [5, 5.41) is 20.3. The summed E-state index contributed by atoms with van der Waals surface area (Å²) in [6.45, 7) is 1.32. The van der Waals surface area contributed by atoms with Crippen LogP contribution in [0, 0.1) is 0 Å². The topological polar surface area (TPSA) is 99.5 Å². The molecule has 0 radical (unpaired) electrons. The first kappa shape index (κ1) is 14.1. The summed E-state index contributed by atoms with van der Waals surface area (Å²) in [6.07, 6.45) is 1.05. The summed E-state index contributed by atoms with van der Waals surface area (Å²) in [5.41, 5.74) is 0.761. The van der Waals surface area contributed by atoms with Crippen molar-refractivity contribution in [3.63, 3.8) is 0 Å². The van der Waals surface area contributed by atoms with Crippen LogP contribution in [0.5, 0.6) is 0 Å². The number of nitrogens with one attached hydrogen (secondary N) is 1. The fourth-order valence-corrected chi connectivity index (χ4v) is 1.42. The number of nitrogens with zero attached hydrogens (tertiary/aromatic N) is 1. The Balaban J connectivity index is 2.44. The van der Waals surface area contributed by atoms with Crippen molar-refractivity contribution in [1.82, 2.24) is 10.3 Å². The largest absolute Gasteiger partial charge is 0.480 e. The second kappa shape index (κ2) is 6.70. The zero-order chi connectivity index (χ0) is 13.5. The van der Waals surface area contributed by atoms with Gasteiger partial charge in [-0.1, -0.05) is 6.07 Å². The quantitative estimate of drug-likeness (QED) is 0.660. The molecule has 0 aliphatic heterocycles. The Morgan fingerprint density at radius 2 is 2.17 bits per heavy atom. The molecule has 98 valence electrons. The van der Waals surface area contributed by atoms with Gasteiger partial charge in [0.15, 0.2) is 6.04 Å². The molecule has 0 aliphatic rings. The Morgan fingerprint density at radius 3 is 2.67 bits per heavy atom. The number of hydrogen-bond donors (Lipinski definition) is 3. The highest BCUT2D eigenvalue weighted by atomic mass is 16.4. The molecule has 0 aromatic carbocycles. The molecular weight excluding hydrogens is 236 g/mol. The van der Waals surface area contributed by atoms with Crippen LogP contribution in [-0.2, 0) is 16.0 Å². The molecule has 1 aromatic rings. The van der Waals surface area contributed by atoms with Gasteiger partial charge in [-0.25, -0.2) is 4.79 Å². The van der Waals surface area contributed by atoms with Crippen molar-refractivity contribution < 1.29 is 19.8 Å². The SMILES string of the molecule is CC(O)C(NC(=O)CCc1ccccn1)C(=O)O. The van der Waals surface area contributed by atoms with Crippen LogP contribution < -0.4 is 5.32 Å². The van der Waals surface area contributed by atoms with E-state index in [4.69, 9.17) is 5.11 Å². The smallest absolute Gasteiger partial charge is 0.328 e. The summed E-state index contributed by atoms with van der Waals surface area (Å²) >= 11 is 0. The second-order valence-electron chi connectivity index (χ2n) is 3.95. The van der Waals surface area contributed by atoms with E-state index in [1.807, 2.05) is 6.07 Å². The van der Waals surface area contributed by atoms with Crippen LogP contribution >= 0.6 is 0 Å². The van der Waals surface area contributed by atoms with Gasteiger partial charge in [0, 0.05) is 18.3 Å². The number of rotatable bonds is 6. The van der Waals surface area contributed by atoms with Gasteiger partial charge in [0.25, 0.3) is 0 Å². The third-order valence-electron chi connectivity index (χ3n) is 2.40. The maximum atomic E-state index is 11.5. The van der Waals surface area contributed by atoms with Crippen molar-refractivity contribution in [1.29, 1.82) is 0 Å². The molecule has 2 atom stereocenters. The predicted molar refractivity (Wildman–Crippen MR) is 63.8 cm³/mol. The maximum absolute atomic E-state index is 11.5. The molecule has 0 spiro atoms. The molecule has 18 heavy (non-hydrogen) atoms. The number of aliphatic carboxylic acids is 1. The highest BCUT2D eigenvalue weighted by Crippen LogP contribution is 2.00. The van der Waals surface area contributed by atoms with Gasteiger partial charge in [0.05, 0.1) is 6.10 Å². The standard InChI is InChI=1S/C12H16N2O4/c1-8(15)11(12(17)18)14-10(16)6-5-9-4-2-3-7-13-9/h2-4,7-8,11,15H,5-6H2,1H3,(H,14,16)(H,17,18). The van der Waals surface area contributed by atoms with Crippen LogP contribution in [-0.4, -0.2) is 39.2 Å². The van der Waals surface area contributed by atoms with Crippen LogP contribution in [0.2, 0.25) is 0 Å². The number of aromatic nitrogens is 1. The Bertz CT molecular complexity index is 406. The van der Waals surface area contributed by atoms with Crippen molar-refractivity contribution in [3.05, 3.63) is 30.1 Å². The molecule has 6 heteroatoms. The van der Waals surface area contributed by atoms with Crippen LogP contribution in [0.1, 0.15) is 19.0 Å². The molecule has 0 aliphatic carbocycles. The first-order valence-electron chi connectivity index (χ1n) is 5.61. The average molecular weight is 252 g/mol. The van der Waals surface area contributed by atoms with E-state index >= 15 is 0 Å². The average Bonchev–Trinajstić information content (AvgIpc) is 2.34. The zero-order valence-electron chi connectivity index (χ0n) is 10.0. The number of pyridine rings is 1. The predicted octanol–water partition coefficient (Wildman–Crippen LogP) is -0.0356. The minimum atomic E-state index is -1.28. The number of carboxylic acids is 1. The Labute approximate surface area is 105 Å². The summed E-state index contributed by atoms with van der Waals surface area (Å²) in [5.74, 6) is -1.68. The number of carbonyl (C=O) groups excluding carboxylic acids is 1. The maximum Gasteiger partial charge on any atom is 0.328 e. The molecule has 1 aromatic heterocycles. The molecule has 0 bridgehead atoms. The highest BCUT2D eigenvalue weighted by molar-refractivity contribution is 5.84. The minimum Gasteiger partial charge on any atom is -0.480 e. The molecule has 3 N–H and O–H groups in total. The monoisotopic (exact) mass is 252 g/mol. The van der Waals surface area contributed by atoms with Gasteiger partial charge in [0.1, 0.15) is 0 Å². The van der Waals surface area contributed by atoms with E-state index in [1.165, 1.54) is 6.92 Å². The van der Waals surface area contributed by atoms with E-state index in [0.717, 1.165) is 5.69 Å². The molecule has 0 saturated carbocycles. The van der Waals surface area contributed by atoms with Crippen molar-refractivity contribution in [2.75, 3.05) is 0 Å². The Hall–Kier alpha value is -1.95. The van der Waals surface area contributed by atoms with Gasteiger partial charge in [-0.15, -0.1) is 0 Å². The highest BCUT2D eigenvalue weighted by Gasteiger charge is 2.24. The number of aryl methyl sites for hydroxylation is 1. The lowest BCUT2D eigenvalue weighted by molar-refractivity contribution is -0.144. The van der Waals surface area contributed by atoms with E-state index in [9.17, 15) is 14.7 Å². The third-order valence-corrected chi connectivity index (χ3v) is 2.40. The Kier molecular flexibility index (Phi) is 5.26. The number of carbonyl (C=O) groups is 2. The lowest BCUT2D eigenvalue weighted by Crippen LogP contribution is -2.47. The van der Waals surface area contributed by atoms with Gasteiger partial charge in [-0.2, -0.15) is 0 Å². The third kappa shape index (κ3) is 4.50. The van der Waals surface area contributed by atoms with Crippen molar-refractivity contribution in [2.24, 2.45) is 0 Å². The molecule has 1 heterocycles. The molecule has 6 nitrogen and oxygen atoms in total. The van der Waals surface area contributed by atoms with E-state index < -0.39 is 24.0 Å². The first-order valence-corrected chi connectivity index (χ1v) is 5.61. The number of carboxylic acid groups (broad SMARTS) is 1. The van der Waals surface area contributed by atoms with Crippen molar-refractivity contribution in [3.8, 4) is 0 Å². The summed E-state index contributed by atoms with van der Waals surface area (Å²) in [4.78, 5) is 26.3. The first-order chi connectivity index (χ1) is 8.50. The molecular formula is C12H16N2O4. The van der Waals surface area contributed by atoms with Crippen molar-refractivity contribution >= 4 is 11.9 Å². The van der Waals surface area contributed by atoms with Gasteiger partial charge >= 0.3 is 5.97 Å². The summed E-state index contributed by atoms with van der Waals surface area (Å²) in [7, 11) is 0. The summed E-state index contributed by atoms with van der Waals surface area (Å²) < 4.78 is 0. The molecule has 0 fully saturated rings. The van der Waals surface area contributed by atoms with Crippen LogP contribution in [0.25, 0.3) is 0 Å². The second-order valence-corrected chi connectivity index (χ2v) is 3.95. The van der Waals surface area contributed by atoms with E-state index in [-0.39, 0.29) is 6.42 Å². The molecule has 1 amide bonds. The van der Waals surface area contributed by atoms with Crippen LogP contribution in [0.15, 0.2) is 24.4 Å². The number of aliphatic hydroxyl groups is 1. The lowest BCUT2D eigenvalue weighted by Gasteiger charge is -2.16. The summed E-state index contributed by atoms with van der Waals surface area (Å²) in [6, 6.07) is 4.10. The molecule has 0 saturated heterocycles. The number of hydrogen-bond acceptors (Lipinski definition) is 4. The van der Waals surface area contributed by atoms with Crippen molar-refractivity contribution in [2.45, 2.75) is 31.9 Å². The van der Waals surface area contributed by atoms with Gasteiger partial charge in [-0.3, -0.25) is 9.78 Å². The lowest BCUT2D eigenvalue weighted by atomic mass is 10.1. The normalized spacial score (nSPS) is 13.7. The van der Waals surface area contributed by atoms with E-state index in [1.54, 1.807) is 18.3 Å². The fraction of sp³-hybridized carbons (Fsp3) is 0.417. The minimum absolute atomic E-state index is 0.132. The van der Waals surface area contributed by atoms with Crippen LogP contribution in [0.3, 0.4) is 0 Å².